The molecule has 0 aromatic heterocycles. The number of phenols is 1. The van der Waals surface area contributed by atoms with Crippen LogP contribution in [0.1, 0.15) is 25.8 Å². The largest absolute Gasteiger partial charge is 0.508 e. The molecule has 0 bridgehead atoms. The molecular formula is C17H20O7. The molecule has 1 aliphatic heterocycles. The number of aromatic hydroxyl groups is 1. The highest BCUT2D eigenvalue weighted by Gasteiger charge is 2.47. The van der Waals surface area contributed by atoms with E-state index in [1.807, 2.05) is 0 Å². The van der Waals surface area contributed by atoms with E-state index in [-0.39, 0.29) is 12.2 Å². The molecule has 2 rings (SSSR count). The average molecular weight is 336 g/mol. The highest BCUT2D eigenvalue weighted by atomic mass is 16.6. The van der Waals surface area contributed by atoms with Gasteiger partial charge in [-0.3, -0.25) is 0 Å². The van der Waals surface area contributed by atoms with E-state index in [0.29, 0.717) is 5.56 Å². The van der Waals surface area contributed by atoms with Gasteiger partial charge in [-0.05, 0) is 37.6 Å². The number of hydrogen-bond donors (Lipinski definition) is 3. The minimum absolute atomic E-state index is 0.0712. The van der Waals surface area contributed by atoms with Crippen LogP contribution in [0, 0.1) is 0 Å². The van der Waals surface area contributed by atoms with Crippen molar-refractivity contribution in [1.82, 2.24) is 0 Å². The fraction of sp³-hybridized carbons (Fsp3) is 0.412. The number of cyclic esters (lactones) is 1. The van der Waals surface area contributed by atoms with Crippen molar-refractivity contribution in [2.24, 2.45) is 0 Å². The smallest absolute Gasteiger partial charge is 0.338 e. The molecule has 7 heteroatoms. The second-order valence-electron chi connectivity index (χ2n) is 5.98. The lowest BCUT2D eigenvalue weighted by Crippen LogP contribution is -2.38. The highest BCUT2D eigenvalue weighted by molar-refractivity contribution is 5.87. The Kier molecular flexibility index (Phi) is 5.26. The van der Waals surface area contributed by atoms with Crippen LogP contribution in [0.2, 0.25) is 0 Å². The Labute approximate surface area is 139 Å². The van der Waals surface area contributed by atoms with Gasteiger partial charge in [-0.15, -0.1) is 0 Å². The van der Waals surface area contributed by atoms with Crippen molar-refractivity contribution in [3.05, 3.63) is 35.9 Å². The summed E-state index contributed by atoms with van der Waals surface area (Å²) >= 11 is 0. The van der Waals surface area contributed by atoms with E-state index in [0.717, 1.165) is 0 Å². The van der Waals surface area contributed by atoms with Gasteiger partial charge in [0.2, 0.25) is 0 Å². The molecule has 0 spiro atoms. The summed E-state index contributed by atoms with van der Waals surface area (Å²) in [5, 5.41) is 29.0. The van der Waals surface area contributed by atoms with E-state index in [1.54, 1.807) is 12.1 Å². The Hall–Kier alpha value is -2.38. The van der Waals surface area contributed by atoms with Gasteiger partial charge >= 0.3 is 11.9 Å². The zero-order valence-corrected chi connectivity index (χ0v) is 13.4. The van der Waals surface area contributed by atoms with E-state index < -0.39 is 35.9 Å². The molecule has 0 aliphatic carbocycles. The van der Waals surface area contributed by atoms with E-state index in [2.05, 4.69) is 0 Å². The maximum atomic E-state index is 11.8. The topological polar surface area (TPSA) is 113 Å². The summed E-state index contributed by atoms with van der Waals surface area (Å²) in [6.45, 7) is 2.77. The van der Waals surface area contributed by atoms with Crippen molar-refractivity contribution in [2.45, 2.75) is 44.2 Å². The number of benzene rings is 1. The number of phenolic OH excluding ortho intramolecular Hbond substituents is 1. The number of hydrogen-bond acceptors (Lipinski definition) is 7. The van der Waals surface area contributed by atoms with Gasteiger partial charge in [0, 0.05) is 12.5 Å². The van der Waals surface area contributed by atoms with E-state index >= 15 is 0 Å². The minimum Gasteiger partial charge on any atom is -0.508 e. The Morgan fingerprint density at radius 3 is 2.58 bits per heavy atom. The summed E-state index contributed by atoms with van der Waals surface area (Å²) in [5.74, 6) is -1.36. The lowest BCUT2D eigenvalue weighted by atomic mass is 9.98. The molecule has 130 valence electrons. The molecule has 1 fully saturated rings. The van der Waals surface area contributed by atoms with Crippen LogP contribution >= 0.6 is 0 Å². The van der Waals surface area contributed by atoms with Crippen molar-refractivity contribution in [1.29, 1.82) is 0 Å². The maximum Gasteiger partial charge on any atom is 0.338 e. The summed E-state index contributed by atoms with van der Waals surface area (Å²) in [4.78, 5) is 23.2. The first kappa shape index (κ1) is 18.0. The summed E-state index contributed by atoms with van der Waals surface area (Å²) < 4.78 is 9.99. The van der Waals surface area contributed by atoms with Gasteiger partial charge in [0.25, 0.3) is 0 Å². The first-order chi connectivity index (χ1) is 11.2. The molecule has 1 heterocycles. The monoisotopic (exact) mass is 336 g/mol. The molecule has 7 nitrogen and oxygen atoms in total. The van der Waals surface area contributed by atoms with Crippen LogP contribution < -0.4 is 0 Å². The van der Waals surface area contributed by atoms with Crippen LogP contribution in [0.4, 0.5) is 0 Å². The standard InChI is InChI=1S/C17H20O7/c1-10(15(20)13-9-17(2,22)16(21)24-13)23-14(19)8-5-11-3-6-12(18)7-4-11/h3-8,10,13,15,18,20,22H,9H2,1-2H3. The van der Waals surface area contributed by atoms with Gasteiger partial charge in [-0.2, -0.15) is 0 Å². The van der Waals surface area contributed by atoms with Crippen molar-refractivity contribution in [2.75, 3.05) is 0 Å². The Morgan fingerprint density at radius 1 is 1.42 bits per heavy atom. The van der Waals surface area contributed by atoms with Crippen molar-refractivity contribution in [3.63, 3.8) is 0 Å². The third kappa shape index (κ3) is 4.33. The normalized spacial score (nSPS) is 26.2. The zero-order valence-electron chi connectivity index (χ0n) is 13.4. The molecular weight excluding hydrogens is 316 g/mol. The highest BCUT2D eigenvalue weighted by Crippen LogP contribution is 2.28. The maximum absolute atomic E-state index is 11.8. The Balaban J connectivity index is 1.89. The summed E-state index contributed by atoms with van der Waals surface area (Å²) in [5.41, 5.74) is -0.951. The van der Waals surface area contributed by atoms with Crippen LogP contribution in [0.25, 0.3) is 6.08 Å². The fourth-order valence-electron chi connectivity index (χ4n) is 2.32. The molecule has 1 aromatic rings. The number of carbonyl (C=O) groups excluding carboxylic acids is 2. The lowest BCUT2D eigenvalue weighted by Gasteiger charge is -2.23. The third-order valence-electron chi connectivity index (χ3n) is 3.77. The molecule has 3 N–H and O–H groups in total. The van der Waals surface area contributed by atoms with Crippen molar-refractivity contribution in [3.8, 4) is 5.75 Å². The van der Waals surface area contributed by atoms with Gasteiger partial charge in [0.1, 0.15) is 24.1 Å². The van der Waals surface area contributed by atoms with Crippen molar-refractivity contribution >= 4 is 18.0 Å². The van der Waals surface area contributed by atoms with Gasteiger partial charge in [-0.25, -0.2) is 9.59 Å². The number of rotatable bonds is 5. The van der Waals surface area contributed by atoms with E-state index in [9.17, 15) is 24.9 Å². The first-order valence-electron chi connectivity index (χ1n) is 7.48. The number of carbonyl (C=O) groups is 2. The molecule has 1 saturated heterocycles. The van der Waals surface area contributed by atoms with Crippen LogP contribution in [0.5, 0.6) is 5.75 Å². The van der Waals surface area contributed by atoms with Gasteiger partial charge in [0.15, 0.2) is 5.60 Å². The van der Waals surface area contributed by atoms with E-state index in [1.165, 1.54) is 38.1 Å². The number of ether oxygens (including phenoxy) is 2. The van der Waals surface area contributed by atoms with E-state index in [4.69, 9.17) is 9.47 Å². The second kappa shape index (κ2) is 7.02. The van der Waals surface area contributed by atoms with Gasteiger partial charge in [-0.1, -0.05) is 12.1 Å². The summed E-state index contributed by atoms with van der Waals surface area (Å²) in [6.07, 6.45) is -0.481. The number of aliphatic hydroxyl groups excluding tert-OH is 1. The summed E-state index contributed by atoms with van der Waals surface area (Å²) in [7, 11) is 0. The molecule has 1 aromatic carbocycles. The predicted molar refractivity (Wildman–Crippen MR) is 83.8 cm³/mol. The fourth-order valence-corrected chi connectivity index (χ4v) is 2.32. The number of aliphatic hydroxyl groups is 2. The zero-order chi connectivity index (χ0) is 17.9. The molecule has 0 saturated carbocycles. The van der Waals surface area contributed by atoms with Gasteiger partial charge < -0.3 is 24.8 Å². The van der Waals surface area contributed by atoms with Gasteiger partial charge in [0.05, 0.1) is 0 Å². The Bertz CT molecular complexity index is 633. The second-order valence-corrected chi connectivity index (χ2v) is 5.98. The minimum atomic E-state index is -1.64. The molecule has 0 radical (unpaired) electrons. The first-order valence-corrected chi connectivity index (χ1v) is 7.48. The Morgan fingerprint density at radius 2 is 2.04 bits per heavy atom. The third-order valence-corrected chi connectivity index (χ3v) is 3.77. The molecule has 4 unspecified atom stereocenters. The number of esters is 2. The predicted octanol–water partition coefficient (Wildman–Crippen LogP) is 0.764. The van der Waals surface area contributed by atoms with Crippen LogP contribution in [-0.4, -0.2) is 51.2 Å². The molecule has 0 amide bonds. The average Bonchev–Trinajstić information content (AvgIpc) is 2.79. The van der Waals surface area contributed by atoms with Crippen LogP contribution in [0.15, 0.2) is 30.3 Å². The summed E-state index contributed by atoms with van der Waals surface area (Å²) in [6, 6.07) is 6.21. The SMILES string of the molecule is CC(OC(=O)C=Cc1ccc(O)cc1)C(O)C1CC(C)(O)C(=O)O1. The lowest BCUT2D eigenvalue weighted by molar-refractivity contribution is -0.161. The molecule has 4 atom stereocenters. The van der Waals surface area contributed by atoms with Crippen LogP contribution in [-0.2, 0) is 19.1 Å². The van der Waals surface area contributed by atoms with Crippen LogP contribution in [0.3, 0.4) is 0 Å². The van der Waals surface area contributed by atoms with Crippen molar-refractivity contribution < 1.29 is 34.4 Å². The molecule has 1 aliphatic rings. The quantitative estimate of drug-likeness (QED) is 0.537. The molecule has 24 heavy (non-hydrogen) atoms.